The molecule has 1 aromatic carbocycles. The molecule has 0 spiro atoms. The van der Waals surface area contributed by atoms with E-state index in [9.17, 15) is 8.42 Å². The number of rotatable bonds is 5. The van der Waals surface area contributed by atoms with Crippen LogP contribution in [-0.4, -0.2) is 14.5 Å². The Morgan fingerprint density at radius 2 is 2.19 bits per heavy atom. The zero-order valence-corrected chi connectivity index (χ0v) is 12.8. The average Bonchev–Trinajstić information content (AvgIpc) is 2.90. The molecular formula is C14H13ClN2O3S. The molecule has 0 fully saturated rings. The Labute approximate surface area is 128 Å². The summed E-state index contributed by atoms with van der Waals surface area (Å²) in [7, 11) is -3.75. The van der Waals surface area contributed by atoms with E-state index in [1.807, 2.05) is 6.07 Å². The van der Waals surface area contributed by atoms with E-state index in [-0.39, 0.29) is 16.0 Å². The number of hydrogen-bond donors (Lipinski definition) is 1. The Morgan fingerprint density at radius 3 is 2.76 bits per heavy atom. The van der Waals surface area contributed by atoms with Gasteiger partial charge in [-0.1, -0.05) is 11.6 Å². The summed E-state index contributed by atoms with van der Waals surface area (Å²) in [4.78, 5) is -0.0468. The van der Waals surface area contributed by atoms with Gasteiger partial charge in [0.25, 0.3) is 0 Å². The number of nitriles is 1. The van der Waals surface area contributed by atoms with Crippen molar-refractivity contribution in [1.82, 2.24) is 4.72 Å². The highest BCUT2D eigenvalue weighted by molar-refractivity contribution is 7.89. The van der Waals surface area contributed by atoms with Gasteiger partial charge in [-0.15, -0.1) is 0 Å². The first-order valence-electron chi connectivity index (χ1n) is 6.17. The van der Waals surface area contributed by atoms with E-state index in [0.717, 1.165) is 0 Å². The molecule has 1 atom stereocenters. The quantitative estimate of drug-likeness (QED) is 0.916. The van der Waals surface area contributed by atoms with Gasteiger partial charge < -0.3 is 4.42 Å². The molecule has 1 N–H and O–H groups in total. The molecule has 0 radical (unpaired) electrons. The third-order valence-corrected chi connectivity index (χ3v) is 4.87. The predicted molar refractivity (Wildman–Crippen MR) is 78.4 cm³/mol. The highest BCUT2D eigenvalue weighted by Crippen LogP contribution is 2.22. The van der Waals surface area contributed by atoms with Gasteiger partial charge in [0.2, 0.25) is 10.0 Å². The van der Waals surface area contributed by atoms with Crippen LogP contribution in [0.1, 0.15) is 18.2 Å². The van der Waals surface area contributed by atoms with Gasteiger partial charge >= 0.3 is 0 Å². The lowest BCUT2D eigenvalue weighted by Crippen LogP contribution is -2.34. The number of sulfonamides is 1. The first-order valence-corrected chi connectivity index (χ1v) is 8.03. The first-order chi connectivity index (χ1) is 9.92. The summed E-state index contributed by atoms with van der Waals surface area (Å²) >= 11 is 5.93. The smallest absolute Gasteiger partial charge is 0.242 e. The zero-order chi connectivity index (χ0) is 15.5. The SMILES string of the molecule is CC(Cc1ccco1)NS(=O)(=O)c1ccc(C#N)cc1Cl. The van der Waals surface area contributed by atoms with Crippen molar-refractivity contribution in [1.29, 1.82) is 5.26 Å². The molecule has 0 aliphatic heterocycles. The molecular weight excluding hydrogens is 312 g/mol. The molecule has 1 heterocycles. The number of furan rings is 1. The Morgan fingerprint density at radius 1 is 1.43 bits per heavy atom. The van der Waals surface area contributed by atoms with E-state index < -0.39 is 10.0 Å². The van der Waals surface area contributed by atoms with Crippen LogP contribution in [-0.2, 0) is 16.4 Å². The standard InChI is InChI=1S/C14H13ClN2O3S/c1-10(7-12-3-2-6-20-12)17-21(18,19)14-5-4-11(9-16)8-13(14)15/h2-6,8,10,17H,7H2,1H3. The van der Waals surface area contributed by atoms with Crippen LogP contribution in [0.3, 0.4) is 0 Å². The zero-order valence-electron chi connectivity index (χ0n) is 11.2. The van der Waals surface area contributed by atoms with Crippen LogP contribution in [0, 0.1) is 11.3 Å². The lowest BCUT2D eigenvalue weighted by Gasteiger charge is -2.14. The molecule has 0 saturated carbocycles. The van der Waals surface area contributed by atoms with E-state index in [1.165, 1.54) is 24.5 Å². The summed E-state index contributed by atoms with van der Waals surface area (Å²) < 4.78 is 32.3. The van der Waals surface area contributed by atoms with Crippen molar-refractivity contribution < 1.29 is 12.8 Å². The number of hydrogen-bond acceptors (Lipinski definition) is 4. The normalized spacial score (nSPS) is 12.8. The van der Waals surface area contributed by atoms with Gasteiger partial charge in [-0.2, -0.15) is 5.26 Å². The van der Waals surface area contributed by atoms with Gasteiger partial charge in [-0.3, -0.25) is 0 Å². The van der Waals surface area contributed by atoms with Crippen molar-refractivity contribution in [2.24, 2.45) is 0 Å². The van der Waals surface area contributed by atoms with Gasteiger partial charge in [0.1, 0.15) is 10.7 Å². The number of halogens is 1. The molecule has 7 heteroatoms. The maximum Gasteiger partial charge on any atom is 0.242 e. The highest BCUT2D eigenvalue weighted by atomic mass is 35.5. The Hall–Kier alpha value is -1.81. The van der Waals surface area contributed by atoms with Crippen LogP contribution in [0.15, 0.2) is 45.9 Å². The van der Waals surface area contributed by atoms with Crippen LogP contribution in [0.2, 0.25) is 5.02 Å². The lowest BCUT2D eigenvalue weighted by atomic mass is 10.2. The fourth-order valence-electron chi connectivity index (χ4n) is 1.89. The van der Waals surface area contributed by atoms with E-state index in [0.29, 0.717) is 17.7 Å². The van der Waals surface area contributed by atoms with E-state index in [4.69, 9.17) is 21.3 Å². The van der Waals surface area contributed by atoms with Gasteiger partial charge in [-0.05, 0) is 37.3 Å². The number of nitrogens with zero attached hydrogens (tertiary/aromatic N) is 1. The van der Waals surface area contributed by atoms with Gasteiger partial charge in [-0.25, -0.2) is 13.1 Å². The average molecular weight is 325 g/mol. The van der Waals surface area contributed by atoms with E-state index in [2.05, 4.69) is 4.72 Å². The molecule has 0 bridgehead atoms. The molecule has 110 valence electrons. The monoisotopic (exact) mass is 324 g/mol. The van der Waals surface area contributed by atoms with Crippen LogP contribution in [0.5, 0.6) is 0 Å². The Balaban J connectivity index is 2.16. The maximum atomic E-state index is 12.3. The third kappa shape index (κ3) is 3.85. The molecule has 0 amide bonds. The molecule has 0 aliphatic rings. The second-order valence-corrected chi connectivity index (χ2v) is 6.65. The van der Waals surface area contributed by atoms with E-state index in [1.54, 1.807) is 19.1 Å². The van der Waals surface area contributed by atoms with E-state index >= 15 is 0 Å². The first kappa shape index (κ1) is 15.6. The Bertz CT molecular complexity index is 764. The van der Waals surface area contributed by atoms with Crippen molar-refractivity contribution in [3.05, 3.63) is 52.9 Å². The molecule has 2 aromatic rings. The van der Waals surface area contributed by atoms with Crippen molar-refractivity contribution in [2.45, 2.75) is 24.3 Å². The molecule has 1 unspecified atom stereocenters. The van der Waals surface area contributed by atoms with Gasteiger partial charge in [0.15, 0.2) is 0 Å². The summed E-state index contributed by atoms with van der Waals surface area (Å²) in [5.74, 6) is 0.691. The summed E-state index contributed by atoms with van der Waals surface area (Å²) in [6.45, 7) is 1.73. The second-order valence-electron chi connectivity index (χ2n) is 4.56. The summed E-state index contributed by atoms with van der Waals surface area (Å²) in [6, 6.07) is 9.14. The molecule has 5 nitrogen and oxygen atoms in total. The van der Waals surface area contributed by atoms with Crippen LogP contribution in [0.25, 0.3) is 0 Å². The number of nitrogens with one attached hydrogen (secondary N) is 1. The second kappa shape index (κ2) is 6.31. The molecule has 0 saturated heterocycles. The van der Waals surface area contributed by atoms with Gasteiger partial charge in [0, 0.05) is 12.5 Å². The van der Waals surface area contributed by atoms with Gasteiger partial charge in [0.05, 0.1) is 22.9 Å². The minimum absolute atomic E-state index is 0.0201. The number of benzene rings is 1. The molecule has 2 rings (SSSR count). The highest BCUT2D eigenvalue weighted by Gasteiger charge is 2.21. The third-order valence-electron chi connectivity index (χ3n) is 2.79. The fraction of sp³-hybridized carbons (Fsp3) is 0.214. The minimum atomic E-state index is -3.75. The predicted octanol–water partition coefficient (Wildman–Crippen LogP) is 2.71. The maximum absolute atomic E-state index is 12.3. The minimum Gasteiger partial charge on any atom is -0.469 e. The molecule has 0 aliphatic carbocycles. The summed E-state index contributed by atoms with van der Waals surface area (Å²) in [5, 5.41) is 8.78. The van der Waals surface area contributed by atoms with Crippen molar-refractivity contribution in [2.75, 3.05) is 0 Å². The van der Waals surface area contributed by atoms with Crippen molar-refractivity contribution in [3.8, 4) is 6.07 Å². The summed E-state index contributed by atoms with van der Waals surface area (Å²) in [5.41, 5.74) is 0.308. The van der Waals surface area contributed by atoms with Crippen molar-refractivity contribution >= 4 is 21.6 Å². The van der Waals surface area contributed by atoms with Crippen LogP contribution >= 0.6 is 11.6 Å². The largest absolute Gasteiger partial charge is 0.469 e. The molecule has 21 heavy (non-hydrogen) atoms. The molecule has 1 aromatic heterocycles. The lowest BCUT2D eigenvalue weighted by molar-refractivity contribution is 0.479. The van der Waals surface area contributed by atoms with Crippen LogP contribution in [0.4, 0.5) is 0 Å². The summed E-state index contributed by atoms with van der Waals surface area (Å²) in [6.07, 6.45) is 1.97. The Kier molecular flexibility index (Phi) is 4.68. The topological polar surface area (TPSA) is 83.1 Å². The fourth-order valence-corrected chi connectivity index (χ4v) is 3.68. The van der Waals surface area contributed by atoms with Crippen LogP contribution < -0.4 is 4.72 Å². The van der Waals surface area contributed by atoms with Crippen molar-refractivity contribution in [3.63, 3.8) is 0 Å².